The van der Waals surface area contributed by atoms with Gasteiger partial charge in [0.15, 0.2) is 6.61 Å². The predicted octanol–water partition coefficient (Wildman–Crippen LogP) is 5.69. The first-order valence-electron chi connectivity index (χ1n) is 11.7. The molecule has 1 heterocycles. The van der Waals surface area contributed by atoms with E-state index in [0.29, 0.717) is 23.9 Å². The van der Waals surface area contributed by atoms with Crippen LogP contribution in [0.15, 0.2) is 66.7 Å². The number of benzene rings is 3. The zero-order valence-corrected chi connectivity index (χ0v) is 21.9. The van der Waals surface area contributed by atoms with Crippen molar-refractivity contribution in [1.82, 2.24) is 4.90 Å². The summed E-state index contributed by atoms with van der Waals surface area (Å²) in [5.74, 6) is 0.448. The molecule has 1 saturated heterocycles. The molecule has 1 aliphatic rings. The zero-order chi connectivity index (χ0) is 24.8. The molecule has 1 N–H and O–H groups in total. The molecule has 6 nitrogen and oxygen atoms in total. The van der Waals surface area contributed by atoms with Gasteiger partial charge in [-0.25, -0.2) is 4.79 Å². The summed E-state index contributed by atoms with van der Waals surface area (Å²) in [6, 6.07) is 21.2. The van der Waals surface area contributed by atoms with E-state index in [-0.39, 0.29) is 36.9 Å². The maximum Gasteiger partial charge on any atom is 0.343 e. The fourth-order valence-corrected chi connectivity index (χ4v) is 4.63. The van der Waals surface area contributed by atoms with Crippen LogP contribution in [0.4, 0.5) is 0 Å². The number of carbonyl (C=O) groups is 1. The summed E-state index contributed by atoms with van der Waals surface area (Å²) in [5, 5.41) is 11.4. The topological polar surface area (TPSA) is 68.2 Å². The van der Waals surface area contributed by atoms with Crippen LogP contribution in [-0.4, -0.2) is 55.4 Å². The molecule has 192 valence electrons. The number of morpholine rings is 1. The molecule has 0 radical (unpaired) electrons. The maximum atomic E-state index is 11.3. The van der Waals surface area contributed by atoms with Crippen molar-refractivity contribution in [2.75, 3.05) is 33.4 Å². The quantitative estimate of drug-likeness (QED) is 0.376. The Bertz CT molecular complexity index is 1150. The Hall–Kier alpha value is -2.77. The van der Waals surface area contributed by atoms with E-state index in [1.165, 1.54) is 12.7 Å². The van der Waals surface area contributed by atoms with E-state index < -0.39 is 5.97 Å². The average molecular weight is 532 g/mol. The molecule has 0 spiro atoms. The van der Waals surface area contributed by atoms with Crippen LogP contribution in [-0.2, 0) is 20.7 Å². The molecule has 8 heteroatoms. The summed E-state index contributed by atoms with van der Waals surface area (Å²) in [6.07, 6.45) is 0.599. The number of esters is 1. The maximum absolute atomic E-state index is 11.3. The summed E-state index contributed by atoms with van der Waals surface area (Å²) in [4.78, 5) is 13.6. The number of ether oxygens (including phenoxy) is 3. The Morgan fingerprint density at radius 3 is 2.64 bits per heavy atom. The largest absolute Gasteiger partial charge is 0.508 e. The van der Waals surface area contributed by atoms with Gasteiger partial charge in [0.25, 0.3) is 0 Å². The van der Waals surface area contributed by atoms with Crippen molar-refractivity contribution in [3.8, 4) is 22.6 Å². The van der Waals surface area contributed by atoms with Crippen molar-refractivity contribution in [2.24, 2.45) is 0 Å². The molecule has 3 aromatic rings. The molecule has 0 amide bonds. The minimum Gasteiger partial charge on any atom is -0.508 e. The Balaban J connectivity index is 0.00000361. The molecule has 4 rings (SSSR count). The third kappa shape index (κ3) is 6.92. The van der Waals surface area contributed by atoms with Crippen LogP contribution in [0.3, 0.4) is 0 Å². The SMILES string of the molecule is COC(=O)COc1ccc(CC(C)N2CCOC(c3c(O)cccc3-c3cccc(Cl)c3)C2)cc1.Cl. The van der Waals surface area contributed by atoms with E-state index in [9.17, 15) is 9.90 Å². The number of phenols is 1. The standard InChI is InChI=1S/C28H30ClNO5.ClH/c1-19(15-20-9-11-23(12-10-20)35-18-27(32)33-2)30-13-14-34-26(17-30)28-24(7-4-8-25(28)31)21-5-3-6-22(29)16-21;/h3-12,16,19,26,31H,13-15,17-18H2,1-2H3;1H. The number of nitrogens with zero attached hydrogens (tertiary/aromatic N) is 1. The summed E-state index contributed by atoms with van der Waals surface area (Å²) in [5.41, 5.74) is 3.84. The highest BCUT2D eigenvalue weighted by molar-refractivity contribution is 6.30. The highest BCUT2D eigenvalue weighted by Crippen LogP contribution is 2.39. The van der Waals surface area contributed by atoms with Crippen LogP contribution in [0.25, 0.3) is 11.1 Å². The monoisotopic (exact) mass is 531 g/mol. The van der Waals surface area contributed by atoms with Gasteiger partial charge in [0, 0.05) is 29.7 Å². The number of phenolic OH excluding ortho intramolecular Hbond substituents is 1. The molecule has 1 fully saturated rings. The Morgan fingerprint density at radius 1 is 1.17 bits per heavy atom. The molecule has 3 aromatic carbocycles. The number of aromatic hydroxyl groups is 1. The Morgan fingerprint density at radius 2 is 1.92 bits per heavy atom. The molecule has 0 saturated carbocycles. The van der Waals surface area contributed by atoms with E-state index in [1.807, 2.05) is 60.7 Å². The van der Waals surface area contributed by atoms with Gasteiger partial charge >= 0.3 is 5.97 Å². The fourth-order valence-electron chi connectivity index (χ4n) is 4.44. The van der Waals surface area contributed by atoms with Crippen molar-refractivity contribution in [2.45, 2.75) is 25.5 Å². The minimum atomic E-state index is -0.410. The lowest BCUT2D eigenvalue weighted by Gasteiger charge is -2.38. The lowest BCUT2D eigenvalue weighted by molar-refractivity contribution is -0.142. The van der Waals surface area contributed by atoms with Gasteiger partial charge in [0.2, 0.25) is 0 Å². The summed E-state index contributed by atoms with van der Waals surface area (Å²) in [7, 11) is 1.34. The fraction of sp³-hybridized carbons (Fsp3) is 0.321. The Labute approximate surface area is 223 Å². The number of halogens is 2. The van der Waals surface area contributed by atoms with Gasteiger partial charge in [-0.15, -0.1) is 12.4 Å². The smallest absolute Gasteiger partial charge is 0.343 e. The van der Waals surface area contributed by atoms with Gasteiger partial charge < -0.3 is 19.3 Å². The highest BCUT2D eigenvalue weighted by atomic mass is 35.5. The van der Waals surface area contributed by atoms with Crippen LogP contribution in [0, 0.1) is 0 Å². The second-order valence-electron chi connectivity index (χ2n) is 8.66. The van der Waals surface area contributed by atoms with Crippen molar-refractivity contribution < 1.29 is 24.1 Å². The normalized spacial score (nSPS) is 16.6. The van der Waals surface area contributed by atoms with Crippen molar-refractivity contribution in [3.63, 3.8) is 0 Å². The number of hydrogen-bond donors (Lipinski definition) is 1. The van der Waals surface area contributed by atoms with Crippen LogP contribution in [0.5, 0.6) is 11.5 Å². The first kappa shape index (κ1) is 27.8. The van der Waals surface area contributed by atoms with Crippen LogP contribution >= 0.6 is 24.0 Å². The third-order valence-corrected chi connectivity index (χ3v) is 6.54. The lowest BCUT2D eigenvalue weighted by Crippen LogP contribution is -2.44. The number of hydrogen-bond acceptors (Lipinski definition) is 6. The van der Waals surface area contributed by atoms with E-state index in [1.54, 1.807) is 6.07 Å². The van der Waals surface area contributed by atoms with Gasteiger partial charge in [-0.05, 0) is 60.4 Å². The van der Waals surface area contributed by atoms with Crippen molar-refractivity contribution >= 4 is 30.0 Å². The van der Waals surface area contributed by atoms with E-state index in [4.69, 9.17) is 21.1 Å². The third-order valence-electron chi connectivity index (χ3n) is 6.30. The predicted molar refractivity (Wildman–Crippen MR) is 143 cm³/mol. The first-order valence-corrected chi connectivity index (χ1v) is 12.0. The number of rotatable bonds is 8. The highest BCUT2D eigenvalue weighted by Gasteiger charge is 2.29. The minimum absolute atomic E-state index is 0. The summed E-state index contributed by atoms with van der Waals surface area (Å²) < 4.78 is 16.2. The molecule has 0 aliphatic carbocycles. The van der Waals surface area contributed by atoms with Gasteiger partial charge in [-0.3, -0.25) is 4.90 Å². The van der Waals surface area contributed by atoms with E-state index in [0.717, 1.165) is 29.7 Å². The van der Waals surface area contributed by atoms with Crippen LogP contribution in [0.2, 0.25) is 5.02 Å². The van der Waals surface area contributed by atoms with E-state index in [2.05, 4.69) is 16.6 Å². The molecule has 1 aliphatic heterocycles. The molecule has 2 unspecified atom stereocenters. The van der Waals surface area contributed by atoms with Crippen LogP contribution < -0.4 is 4.74 Å². The second-order valence-corrected chi connectivity index (χ2v) is 9.10. The average Bonchev–Trinajstić information content (AvgIpc) is 2.88. The van der Waals surface area contributed by atoms with Gasteiger partial charge in [0.1, 0.15) is 11.5 Å². The molecule has 0 bridgehead atoms. The molecule has 2 atom stereocenters. The zero-order valence-electron chi connectivity index (χ0n) is 20.4. The number of carbonyl (C=O) groups excluding carboxylic acids is 1. The first-order chi connectivity index (χ1) is 16.9. The lowest BCUT2D eigenvalue weighted by atomic mass is 9.94. The Kier molecular flexibility index (Phi) is 10.0. The van der Waals surface area contributed by atoms with Gasteiger partial charge in [-0.1, -0.05) is 48.0 Å². The summed E-state index contributed by atoms with van der Waals surface area (Å²) >= 11 is 6.23. The molecule has 0 aromatic heterocycles. The van der Waals surface area contributed by atoms with E-state index >= 15 is 0 Å². The summed E-state index contributed by atoms with van der Waals surface area (Å²) in [6.45, 7) is 4.17. The molecular weight excluding hydrogens is 501 g/mol. The van der Waals surface area contributed by atoms with Crippen LogP contribution in [0.1, 0.15) is 24.2 Å². The number of methoxy groups -OCH3 is 1. The van der Waals surface area contributed by atoms with Crippen molar-refractivity contribution in [3.05, 3.63) is 82.9 Å². The molecule has 36 heavy (non-hydrogen) atoms. The molecular formula is C28H31Cl2NO5. The second kappa shape index (κ2) is 13.0. The van der Waals surface area contributed by atoms with Gasteiger partial charge in [-0.2, -0.15) is 0 Å². The van der Waals surface area contributed by atoms with Crippen molar-refractivity contribution in [1.29, 1.82) is 0 Å². The van der Waals surface area contributed by atoms with Gasteiger partial charge in [0.05, 0.1) is 19.8 Å².